The fourth-order valence-corrected chi connectivity index (χ4v) is 7.14. The van der Waals surface area contributed by atoms with E-state index in [9.17, 15) is 34.5 Å². The van der Waals surface area contributed by atoms with Crippen LogP contribution in [-0.2, 0) is 38.4 Å². The van der Waals surface area contributed by atoms with Gasteiger partial charge in [0, 0.05) is 58.7 Å². The summed E-state index contributed by atoms with van der Waals surface area (Å²) in [6.45, 7) is 13.5. The maximum atomic E-state index is 12.5. The number of aromatic amines is 2. The molecule has 0 bridgehead atoms. The second-order valence-corrected chi connectivity index (χ2v) is 12.8. The maximum Gasteiger partial charge on any atom is 0.303 e. The number of carboxylic acids is 2. The molecule has 242 valence electrons. The minimum atomic E-state index is -1.23. The number of carboxylic acid groups (broad SMARTS) is 2. The number of aliphatic hydroxyl groups is 1. The minimum absolute atomic E-state index is 0.0635. The molecule has 0 spiro atoms. The van der Waals surface area contributed by atoms with Crippen LogP contribution in [0.25, 0.3) is 12.7 Å². The third-order valence-electron chi connectivity index (χ3n) is 9.20. The fraction of sp³-hybridized carbons (Fsp3) is 0.485. The first-order valence-corrected chi connectivity index (χ1v) is 15.7. The zero-order valence-electron chi connectivity index (χ0n) is 26.3. The lowest BCUT2D eigenvalue weighted by molar-refractivity contribution is -0.138. The minimum Gasteiger partial charge on any atom is -0.481 e. The van der Waals surface area contributed by atoms with Gasteiger partial charge in [0.25, 0.3) is 5.91 Å². The Morgan fingerprint density at radius 2 is 1.67 bits per heavy atom. The number of aliphatic carboxylic acids is 2. The predicted molar refractivity (Wildman–Crippen MR) is 174 cm³/mol. The summed E-state index contributed by atoms with van der Waals surface area (Å²) in [6.07, 6.45) is 1.53. The van der Waals surface area contributed by atoms with Gasteiger partial charge in [-0.05, 0) is 66.7 Å². The molecular weight excluding hydrogens is 596 g/mol. The molecule has 6 N–H and O–H groups in total. The van der Waals surface area contributed by atoms with Gasteiger partial charge in [-0.15, -0.1) is 0 Å². The molecule has 0 radical (unpaired) electrons. The van der Waals surface area contributed by atoms with E-state index in [1.807, 2.05) is 26.8 Å². The van der Waals surface area contributed by atoms with Crippen LogP contribution in [0.2, 0.25) is 0 Å². The second-order valence-electron chi connectivity index (χ2n) is 12.0. The number of aliphatic imine (C=N–C) groups is 1. The molecule has 11 nitrogen and oxygen atoms in total. The molecule has 0 saturated carbocycles. The summed E-state index contributed by atoms with van der Waals surface area (Å²) in [5.41, 5.74) is 5.29. The van der Waals surface area contributed by atoms with Gasteiger partial charge in [-0.2, -0.15) is 12.6 Å². The average molecular weight is 639 g/mol. The van der Waals surface area contributed by atoms with Crippen molar-refractivity contribution in [2.45, 2.75) is 90.5 Å². The third-order valence-corrected chi connectivity index (χ3v) is 9.54. The van der Waals surface area contributed by atoms with E-state index in [0.717, 1.165) is 0 Å². The number of nitrogens with zero attached hydrogens (tertiary/aromatic N) is 1. The Labute approximate surface area is 267 Å². The van der Waals surface area contributed by atoms with Gasteiger partial charge in [-0.3, -0.25) is 19.2 Å². The Bertz CT molecular complexity index is 1710. The Hall–Kier alpha value is -3.90. The average Bonchev–Trinajstić information content (AvgIpc) is 3.62. The molecule has 45 heavy (non-hydrogen) atoms. The smallest absolute Gasteiger partial charge is 0.303 e. The molecule has 5 atom stereocenters. The number of thiol groups is 1. The zero-order chi connectivity index (χ0) is 33.3. The van der Waals surface area contributed by atoms with Crippen LogP contribution in [0.15, 0.2) is 16.1 Å². The molecular formula is C33H42N4O7S. The van der Waals surface area contributed by atoms with Gasteiger partial charge in [0.2, 0.25) is 5.91 Å². The molecule has 2 aromatic heterocycles. The lowest BCUT2D eigenvalue weighted by Crippen LogP contribution is -2.35. The van der Waals surface area contributed by atoms with Crippen LogP contribution in [-0.4, -0.2) is 66.0 Å². The molecule has 1 saturated heterocycles. The van der Waals surface area contributed by atoms with Crippen molar-refractivity contribution in [1.82, 2.24) is 15.3 Å². The number of carbonyl (C=O) groups is 4. The summed E-state index contributed by atoms with van der Waals surface area (Å²) in [5.74, 6) is -2.67. The third kappa shape index (κ3) is 6.86. The molecule has 2 aliphatic heterocycles. The van der Waals surface area contributed by atoms with Gasteiger partial charge in [-0.1, -0.05) is 27.4 Å². The highest BCUT2D eigenvalue weighted by molar-refractivity contribution is 7.80. The number of hydrogen-bond donors (Lipinski definition) is 7. The van der Waals surface area contributed by atoms with Gasteiger partial charge >= 0.3 is 11.9 Å². The normalized spacial score (nSPS) is 21.8. The number of nitrogens with one attached hydrogen (secondary N) is 3. The number of rotatable bonds is 13. The number of hydrogen-bond acceptors (Lipinski definition) is 6. The fourth-order valence-electron chi connectivity index (χ4n) is 6.70. The van der Waals surface area contributed by atoms with Gasteiger partial charge in [-0.25, -0.2) is 4.99 Å². The molecule has 12 heteroatoms. The van der Waals surface area contributed by atoms with Crippen molar-refractivity contribution in [3.63, 3.8) is 0 Å². The number of aromatic nitrogens is 2. The molecule has 2 aliphatic rings. The monoisotopic (exact) mass is 638 g/mol. The lowest BCUT2D eigenvalue weighted by Gasteiger charge is -2.21. The lowest BCUT2D eigenvalue weighted by atomic mass is 9.88. The van der Waals surface area contributed by atoms with Gasteiger partial charge in [0.1, 0.15) is 6.10 Å². The van der Waals surface area contributed by atoms with Gasteiger partial charge in [0.15, 0.2) is 0 Å². The quantitative estimate of drug-likeness (QED) is 0.164. The predicted octanol–water partition coefficient (Wildman–Crippen LogP) is 2.28. The van der Waals surface area contributed by atoms with E-state index in [2.05, 4.69) is 39.5 Å². The first kappa shape index (κ1) is 34.0. The van der Waals surface area contributed by atoms with E-state index in [0.29, 0.717) is 61.9 Å². The van der Waals surface area contributed by atoms with E-state index in [1.165, 1.54) is 0 Å². The van der Waals surface area contributed by atoms with Crippen LogP contribution >= 0.6 is 12.6 Å². The Morgan fingerprint density at radius 1 is 1.07 bits per heavy atom. The summed E-state index contributed by atoms with van der Waals surface area (Å²) in [5, 5.41) is 34.6. The highest BCUT2D eigenvalue weighted by atomic mass is 32.1. The van der Waals surface area contributed by atoms with Crippen molar-refractivity contribution in [3.8, 4) is 0 Å². The van der Waals surface area contributed by atoms with Crippen molar-refractivity contribution in [1.29, 1.82) is 0 Å². The largest absolute Gasteiger partial charge is 0.481 e. The first-order chi connectivity index (χ1) is 21.2. The van der Waals surface area contributed by atoms with Crippen LogP contribution in [0.4, 0.5) is 0 Å². The number of carbonyl (C=O) groups excluding carboxylic acids is 2. The SMILES string of the molecule is C=c1c(CCC(=O)O)c(Cc2[nH]c([C@@H](O)C3=NC(=O)C(CC)=C3C)c(C)c2CCC(=O)O)[nH]/c1=C/C1NC(=O)[C@H](C)[C@H]1[C@@H](C)S. The van der Waals surface area contributed by atoms with E-state index in [1.54, 1.807) is 13.8 Å². The molecule has 2 amide bonds. The number of H-pyrrole nitrogens is 2. The summed E-state index contributed by atoms with van der Waals surface area (Å²) in [4.78, 5) is 58.9. The van der Waals surface area contributed by atoms with Crippen LogP contribution < -0.4 is 15.9 Å². The zero-order valence-corrected chi connectivity index (χ0v) is 27.2. The molecule has 0 aromatic carbocycles. The topological polar surface area (TPSA) is 185 Å². The van der Waals surface area contributed by atoms with Crippen molar-refractivity contribution in [3.05, 3.63) is 55.5 Å². The van der Waals surface area contributed by atoms with Crippen LogP contribution in [0.3, 0.4) is 0 Å². The summed E-state index contributed by atoms with van der Waals surface area (Å²) >= 11 is 4.62. The maximum absolute atomic E-state index is 12.5. The first-order valence-electron chi connectivity index (χ1n) is 15.2. The Balaban J connectivity index is 1.81. The highest BCUT2D eigenvalue weighted by Gasteiger charge is 2.40. The van der Waals surface area contributed by atoms with E-state index in [4.69, 9.17) is 0 Å². The molecule has 4 heterocycles. The highest BCUT2D eigenvalue weighted by Crippen LogP contribution is 2.33. The van der Waals surface area contributed by atoms with Crippen LogP contribution in [0.1, 0.15) is 86.8 Å². The van der Waals surface area contributed by atoms with Crippen molar-refractivity contribution in [2.24, 2.45) is 16.8 Å². The van der Waals surface area contributed by atoms with E-state index >= 15 is 0 Å². The number of amides is 2. The molecule has 0 aliphatic carbocycles. The van der Waals surface area contributed by atoms with Crippen molar-refractivity contribution < 1.29 is 34.5 Å². The second kappa shape index (κ2) is 13.6. The van der Waals surface area contributed by atoms with Gasteiger partial charge in [0.05, 0.1) is 17.4 Å². The summed E-state index contributed by atoms with van der Waals surface area (Å²) in [6, 6.07) is -0.306. The summed E-state index contributed by atoms with van der Waals surface area (Å²) < 4.78 is 0. The molecule has 1 fully saturated rings. The molecule has 4 rings (SSSR count). The Morgan fingerprint density at radius 3 is 2.22 bits per heavy atom. The summed E-state index contributed by atoms with van der Waals surface area (Å²) in [7, 11) is 0. The number of aliphatic hydroxyl groups excluding tert-OH is 1. The van der Waals surface area contributed by atoms with E-state index in [-0.39, 0.29) is 72.8 Å². The van der Waals surface area contributed by atoms with Crippen molar-refractivity contribution >= 4 is 54.7 Å². The molecule has 2 aromatic rings. The molecule has 1 unspecified atom stereocenters. The van der Waals surface area contributed by atoms with Crippen LogP contribution in [0, 0.1) is 18.8 Å². The van der Waals surface area contributed by atoms with Crippen molar-refractivity contribution in [2.75, 3.05) is 0 Å². The van der Waals surface area contributed by atoms with Crippen LogP contribution in [0.5, 0.6) is 0 Å². The Kier molecular flexibility index (Phi) is 10.3. The van der Waals surface area contributed by atoms with Gasteiger partial charge < -0.3 is 30.6 Å². The van der Waals surface area contributed by atoms with E-state index < -0.39 is 18.0 Å². The standard InChI is InChI=1S/C33H42N4O7S/c1-7-19-15(3)30(37-33(19)44)31(42)29-16(4)21(9-11-27(40)41)24(35-29)13-23-20(8-10-26(38)39)14(2)22(34-23)12-25-28(18(6)45)17(5)32(43)36-25/h12,17-18,25,28,31,34-35,42,45H,2,7-11,13H2,1,3-6H3,(H,36,43)(H,38,39)(H,40,41)/b22-12+/t17-,18-,25?,28+,31-/m1/s1.